The average Bonchev–Trinajstić information content (AvgIpc) is 2.23. The normalized spacial score (nSPS) is 11.8. The zero-order chi connectivity index (χ0) is 13.8. The molecule has 0 spiro atoms. The first kappa shape index (κ1) is 15.2. The number of halogens is 4. The summed E-state index contributed by atoms with van der Waals surface area (Å²) in [7, 11) is 0. The molecule has 2 N–H and O–H groups in total. The molecular weight excluding hydrogens is 315 g/mol. The largest absolute Gasteiger partial charge is 0.411 e. The van der Waals surface area contributed by atoms with Gasteiger partial charge in [-0.05, 0) is 22.4 Å². The van der Waals surface area contributed by atoms with Crippen molar-refractivity contribution >= 4 is 21.7 Å². The van der Waals surface area contributed by atoms with Gasteiger partial charge in [-0.1, -0.05) is 13.3 Å². The summed E-state index contributed by atoms with van der Waals surface area (Å²) in [5.74, 6) is 0.363. The Hall–Kier alpha value is -0.890. The van der Waals surface area contributed by atoms with Crippen LogP contribution in [0.5, 0.6) is 0 Å². The smallest absolute Gasteiger partial charge is 0.383 e. The number of nitrogen functional groups attached to an aromatic ring is 1. The number of rotatable bonds is 5. The Bertz CT molecular complexity index is 412. The predicted octanol–water partition coefficient (Wildman–Crippen LogP) is 2.85. The molecule has 0 unspecified atom stereocenters. The first-order valence-corrected chi connectivity index (χ1v) is 6.08. The number of anilines is 1. The van der Waals surface area contributed by atoms with Crippen molar-refractivity contribution in [1.29, 1.82) is 0 Å². The Morgan fingerprint density at radius 3 is 2.56 bits per heavy atom. The molecule has 102 valence electrons. The topological polar surface area (TPSA) is 61.0 Å². The number of hydrogen-bond donors (Lipinski definition) is 1. The van der Waals surface area contributed by atoms with Crippen LogP contribution in [0.2, 0.25) is 0 Å². The van der Waals surface area contributed by atoms with Crippen molar-refractivity contribution in [3.63, 3.8) is 0 Å². The van der Waals surface area contributed by atoms with Gasteiger partial charge in [0.1, 0.15) is 19.0 Å². The fourth-order valence-electron chi connectivity index (χ4n) is 1.29. The lowest BCUT2D eigenvalue weighted by Crippen LogP contribution is -2.17. The number of ether oxygens (including phenoxy) is 1. The molecule has 18 heavy (non-hydrogen) atoms. The molecule has 0 fully saturated rings. The highest BCUT2D eigenvalue weighted by molar-refractivity contribution is 9.10. The molecule has 0 radical (unpaired) electrons. The van der Waals surface area contributed by atoms with Gasteiger partial charge in [-0.15, -0.1) is 0 Å². The van der Waals surface area contributed by atoms with Crippen LogP contribution in [0.4, 0.5) is 19.0 Å². The minimum atomic E-state index is -4.35. The molecule has 0 saturated heterocycles. The maximum absolute atomic E-state index is 11.9. The fraction of sp³-hybridized carbons (Fsp3) is 0.600. The summed E-state index contributed by atoms with van der Waals surface area (Å²) in [5, 5.41) is 0. The van der Waals surface area contributed by atoms with Crippen LogP contribution in [0.15, 0.2) is 4.47 Å². The highest BCUT2D eigenvalue weighted by atomic mass is 79.9. The minimum absolute atomic E-state index is 0.156. The average molecular weight is 328 g/mol. The second-order valence-corrected chi connectivity index (χ2v) is 4.44. The fourth-order valence-corrected chi connectivity index (χ4v) is 1.67. The van der Waals surface area contributed by atoms with Crippen LogP contribution < -0.4 is 5.73 Å². The van der Waals surface area contributed by atoms with E-state index in [0.717, 1.165) is 6.42 Å². The van der Waals surface area contributed by atoms with Crippen molar-refractivity contribution in [2.45, 2.75) is 32.5 Å². The summed E-state index contributed by atoms with van der Waals surface area (Å²) in [5.41, 5.74) is 6.31. The third-order valence-electron chi connectivity index (χ3n) is 1.98. The molecule has 0 aliphatic carbocycles. The maximum atomic E-state index is 11.9. The van der Waals surface area contributed by atoms with E-state index < -0.39 is 12.8 Å². The van der Waals surface area contributed by atoms with Gasteiger partial charge in [0.2, 0.25) is 0 Å². The Morgan fingerprint density at radius 1 is 1.33 bits per heavy atom. The Balaban J connectivity index is 2.72. The van der Waals surface area contributed by atoms with Gasteiger partial charge in [-0.2, -0.15) is 13.2 Å². The molecule has 0 aromatic carbocycles. The highest BCUT2D eigenvalue weighted by Crippen LogP contribution is 2.22. The molecule has 0 amide bonds. The van der Waals surface area contributed by atoms with Crippen LogP contribution in [-0.2, 0) is 17.8 Å². The van der Waals surface area contributed by atoms with Crippen LogP contribution in [-0.4, -0.2) is 22.8 Å². The standard InChI is InChI=1S/C10H13BrF3N3O/c1-2-3-6-8(11)9(15)17-7(16-6)4-18-5-10(12,13)14/h2-5H2,1H3,(H2,15,16,17). The second-order valence-electron chi connectivity index (χ2n) is 3.64. The molecule has 1 heterocycles. The van der Waals surface area contributed by atoms with E-state index in [4.69, 9.17) is 5.73 Å². The van der Waals surface area contributed by atoms with Crippen molar-refractivity contribution in [2.24, 2.45) is 0 Å². The molecule has 0 aliphatic heterocycles. The Morgan fingerprint density at radius 2 is 2.00 bits per heavy atom. The number of alkyl halides is 3. The van der Waals surface area contributed by atoms with E-state index in [1.165, 1.54) is 0 Å². The van der Waals surface area contributed by atoms with Crippen LogP contribution in [0.1, 0.15) is 24.9 Å². The molecule has 0 saturated carbocycles. The molecule has 0 bridgehead atoms. The zero-order valence-corrected chi connectivity index (χ0v) is 11.3. The van der Waals surface area contributed by atoms with Gasteiger partial charge < -0.3 is 10.5 Å². The first-order chi connectivity index (χ1) is 8.33. The molecule has 1 aromatic heterocycles. The van der Waals surface area contributed by atoms with Gasteiger partial charge >= 0.3 is 6.18 Å². The van der Waals surface area contributed by atoms with E-state index in [-0.39, 0.29) is 18.2 Å². The monoisotopic (exact) mass is 327 g/mol. The van der Waals surface area contributed by atoms with E-state index in [2.05, 4.69) is 30.6 Å². The van der Waals surface area contributed by atoms with Crippen LogP contribution in [0.3, 0.4) is 0 Å². The molecule has 8 heteroatoms. The summed E-state index contributed by atoms with van der Waals surface area (Å²) in [4.78, 5) is 7.97. The summed E-state index contributed by atoms with van der Waals surface area (Å²) in [6.07, 6.45) is -2.84. The second kappa shape index (κ2) is 6.33. The number of nitrogens with two attached hydrogens (primary N) is 1. The van der Waals surface area contributed by atoms with Gasteiger partial charge in [0.15, 0.2) is 5.82 Å². The van der Waals surface area contributed by atoms with Crippen molar-refractivity contribution in [3.8, 4) is 0 Å². The molecule has 4 nitrogen and oxygen atoms in total. The summed E-state index contributed by atoms with van der Waals surface area (Å²) in [6, 6.07) is 0. The lowest BCUT2D eigenvalue weighted by molar-refractivity contribution is -0.177. The van der Waals surface area contributed by atoms with E-state index in [1.54, 1.807) is 0 Å². The molecular formula is C10H13BrF3N3O. The van der Waals surface area contributed by atoms with Crippen molar-refractivity contribution in [3.05, 3.63) is 16.0 Å². The Labute approximate surface area is 111 Å². The molecule has 1 rings (SSSR count). The third-order valence-corrected chi connectivity index (χ3v) is 2.84. The number of aromatic nitrogens is 2. The van der Waals surface area contributed by atoms with E-state index >= 15 is 0 Å². The quantitative estimate of drug-likeness (QED) is 0.903. The van der Waals surface area contributed by atoms with Crippen LogP contribution in [0.25, 0.3) is 0 Å². The van der Waals surface area contributed by atoms with Gasteiger partial charge in [0, 0.05) is 0 Å². The highest BCUT2D eigenvalue weighted by Gasteiger charge is 2.27. The van der Waals surface area contributed by atoms with Crippen molar-refractivity contribution in [1.82, 2.24) is 9.97 Å². The van der Waals surface area contributed by atoms with Crippen molar-refractivity contribution < 1.29 is 17.9 Å². The third kappa shape index (κ3) is 4.77. The van der Waals surface area contributed by atoms with E-state index in [1.807, 2.05) is 6.92 Å². The minimum Gasteiger partial charge on any atom is -0.383 e. The molecule has 1 aromatic rings. The van der Waals surface area contributed by atoms with E-state index in [9.17, 15) is 13.2 Å². The molecule has 0 atom stereocenters. The van der Waals surface area contributed by atoms with Gasteiger partial charge in [-0.3, -0.25) is 0 Å². The number of nitrogens with zero attached hydrogens (tertiary/aromatic N) is 2. The van der Waals surface area contributed by atoms with Gasteiger partial charge in [0.25, 0.3) is 0 Å². The van der Waals surface area contributed by atoms with E-state index in [0.29, 0.717) is 16.6 Å². The molecule has 0 aliphatic rings. The lowest BCUT2D eigenvalue weighted by atomic mass is 10.2. The summed E-state index contributed by atoms with van der Waals surface area (Å²) < 4.78 is 40.8. The predicted molar refractivity (Wildman–Crippen MR) is 63.9 cm³/mol. The van der Waals surface area contributed by atoms with Crippen LogP contribution >= 0.6 is 15.9 Å². The number of aryl methyl sites for hydroxylation is 1. The SMILES string of the molecule is CCCc1nc(COCC(F)(F)F)nc(N)c1Br. The van der Waals surface area contributed by atoms with Gasteiger partial charge in [-0.25, -0.2) is 9.97 Å². The maximum Gasteiger partial charge on any atom is 0.411 e. The lowest BCUT2D eigenvalue weighted by Gasteiger charge is -2.10. The first-order valence-electron chi connectivity index (χ1n) is 5.28. The zero-order valence-electron chi connectivity index (χ0n) is 9.72. The number of hydrogen-bond acceptors (Lipinski definition) is 4. The van der Waals surface area contributed by atoms with Crippen LogP contribution in [0, 0.1) is 0 Å². The van der Waals surface area contributed by atoms with Gasteiger partial charge in [0.05, 0.1) is 10.2 Å². The summed E-state index contributed by atoms with van der Waals surface area (Å²) in [6.45, 7) is 0.327. The summed E-state index contributed by atoms with van der Waals surface area (Å²) >= 11 is 3.24. The van der Waals surface area contributed by atoms with Crippen molar-refractivity contribution in [2.75, 3.05) is 12.3 Å². The Kier molecular flexibility index (Phi) is 5.33.